The summed E-state index contributed by atoms with van der Waals surface area (Å²) in [4.78, 5) is 18.7. The minimum absolute atomic E-state index is 0.154. The van der Waals surface area contributed by atoms with Crippen LogP contribution in [0.3, 0.4) is 0 Å². The van der Waals surface area contributed by atoms with E-state index in [0.29, 0.717) is 16.2 Å². The quantitative estimate of drug-likeness (QED) is 0.309. The van der Waals surface area contributed by atoms with Crippen molar-refractivity contribution in [3.63, 3.8) is 0 Å². The Hall–Kier alpha value is -3.38. The van der Waals surface area contributed by atoms with E-state index in [4.69, 9.17) is 0 Å². The molecule has 1 N–H and O–H groups in total. The van der Waals surface area contributed by atoms with Gasteiger partial charge in [0.1, 0.15) is 10.7 Å². The van der Waals surface area contributed by atoms with Gasteiger partial charge in [0.2, 0.25) is 0 Å². The minimum atomic E-state index is -0.154. The first kappa shape index (κ1) is 18.0. The third kappa shape index (κ3) is 3.97. The van der Waals surface area contributed by atoms with Gasteiger partial charge >= 0.3 is 0 Å². The van der Waals surface area contributed by atoms with Crippen LogP contribution >= 0.6 is 11.8 Å². The lowest BCUT2D eigenvalue weighted by molar-refractivity contribution is 0.977. The highest BCUT2D eigenvalue weighted by Gasteiger charge is 2.12. The van der Waals surface area contributed by atoms with Gasteiger partial charge in [0.05, 0.1) is 17.5 Å². The summed E-state index contributed by atoms with van der Waals surface area (Å²) in [5.41, 5.74) is 5.88. The van der Waals surface area contributed by atoms with E-state index in [1.54, 1.807) is 6.20 Å². The number of nitrogens with zero attached hydrogens (tertiary/aromatic N) is 3. The van der Waals surface area contributed by atoms with E-state index in [9.17, 15) is 4.79 Å². The summed E-state index contributed by atoms with van der Waals surface area (Å²) in [6.45, 7) is 2.04. The highest BCUT2D eigenvalue weighted by atomic mass is 32.2. The minimum Gasteiger partial charge on any atom is -0.279 e. The van der Waals surface area contributed by atoms with E-state index in [2.05, 4.69) is 15.5 Å². The number of hydrogen-bond donors (Lipinski definition) is 1. The molecule has 2 aromatic carbocycles. The normalized spacial score (nSPS) is 11.2. The monoisotopic (exact) mass is 386 g/mol. The number of hydrogen-bond acceptors (Lipinski definition) is 5. The molecular formula is C22H18N4OS. The highest BCUT2D eigenvalue weighted by molar-refractivity contribution is 7.99. The first-order valence-electron chi connectivity index (χ1n) is 8.81. The molecule has 28 heavy (non-hydrogen) atoms. The number of hydrazone groups is 1. The zero-order chi connectivity index (χ0) is 19.3. The number of benzene rings is 2. The molecule has 2 aromatic heterocycles. The Labute approximate surface area is 166 Å². The van der Waals surface area contributed by atoms with E-state index < -0.39 is 0 Å². The van der Waals surface area contributed by atoms with E-state index in [-0.39, 0.29) is 5.56 Å². The Kier molecular flexibility index (Phi) is 5.21. The third-order valence-electron chi connectivity index (χ3n) is 4.13. The van der Waals surface area contributed by atoms with E-state index >= 15 is 0 Å². The summed E-state index contributed by atoms with van der Waals surface area (Å²) in [5, 5.41) is 4.88. The Morgan fingerprint density at radius 2 is 1.75 bits per heavy atom. The second-order valence-corrected chi connectivity index (χ2v) is 7.28. The Balaban J connectivity index is 1.74. The molecule has 0 aliphatic heterocycles. The molecule has 0 bridgehead atoms. The zero-order valence-corrected chi connectivity index (χ0v) is 16.1. The van der Waals surface area contributed by atoms with Crippen LogP contribution in [0.25, 0.3) is 5.65 Å². The summed E-state index contributed by atoms with van der Waals surface area (Å²) in [5.74, 6) is 0. The van der Waals surface area contributed by atoms with Crippen LogP contribution in [-0.2, 0) is 0 Å². The molecule has 4 aromatic rings. The van der Waals surface area contributed by atoms with Crippen molar-refractivity contribution < 1.29 is 0 Å². The molecule has 0 fully saturated rings. The van der Waals surface area contributed by atoms with Crippen LogP contribution in [0.5, 0.6) is 0 Å². The lowest BCUT2D eigenvalue weighted by atomic mass is 10.2. The summed E-state index contributed by atoms with van der Waals surface area (Å²) in [6.07, 6.45) is 3.26. The number of aromatic nitrogens is 2. The number of anilines is 1. The molecule has 0 atom stereocenters. The zero-order valence-electron chi connectivity index (χ0n) is 15.2. The molecule has 0 radical (unpaired) electrons. The molecule has 138 valence electrons. The molecule has 2 heterocycles. The van der Waals surface area contributed by atoms with Gasteiger partial charge in [0.15, 0.2) is 0 Å². The topological polar surface area (TPSA) is 58.8 Å². The van der Waals surface area contributed by atoms with Crippen LogP contribution in [0.2, 0.25) is 0 Å². The maximum atomic E-state index is 13.0. The molecule has 5 nitrogen and oxygen atoms in total. The lowest BCUT2D eigenvalue weighted by Crippen LogP contribution is -2.21. The van der Waals surface area contributed by atoms with Crippen LogP contribution < -0.4 is 11.0 Å². The number of fused-ring (bicyclic) bond motifs is 1. The average molecular weight is 386 g/mol. The Bertz CT molecular complexity index is 1180. The maximum absolute atomic E-state index is 13.0. The second kappa shape index (κ2) is 8.10. The maximum Gasteiger partial charge on any atom is 0.267 e. The summed E-state index contributed by atoms with van der Waals surface area (Å²) in [7, 11) is 0. The standard InChI is InChI=1S/C22H18N4OS/c1-16-10-12-18(13-11-16)28-21-19(15-23-25-17-7-3-2-4-8-17)22(27)26-14-6-5-9-20(26)24-21/h2-15,25H,1H3. The molecule has 0 unspecified atom stereocenters. The van der Waals surface area contributed by atoms with Gasteiger partial charge in [-0.1, -0.05) is 53.7 Å². The largest absolute Gasteiger partial charge is 0.279 e. The molecular weight excluding hydrogens is 368 g/mol. The van der Waals surface area contributed by atoms with Gasteiger partial charge in [-0.25, -0.2) is 4.98 Å². The number of nitrogens with one attached hydrogen (secondary N) is 1. The number of para-hydroxylation sites is 1. The molecule has 6 heteroatoms. The smallest absolute Gasteiger partial charge is 0.267 e. The van der Waals surface area contributed by atoms with Crippen molar-refractivity contribution in [2.75, 3.05) is 5.43 Å². The van der Waals surface area contributed by atoms with Gasteiger partial charge in [-0.05, 0) is 43.3 Å². The van der Waals surface area contributed by atoms with Gasteiger partial charge in [0, 0.05) is 11.1 Å². The van der Waals surface area contributed by atoms with E-state index in [1.807, 2.05) is 79.7 Å². The van der Waals surface area contributed by atoms with Crippen LogP contribution in [0, 0.1) is 6.92 Å². The Morgan fingerprint density at radius 3 is 2.54 bits per heavy atom. The van der Waals surface area contributed by atoms with E-state index in [1.165, 1.54) is 27.9 Å². The highest BCUT2D eigenvalue weighted by Crippen LogP contribution is 2.27. The fraction of sp³-hybridized carbons (Fsp3) is 0.0455. The fourth-order valence-corrected chi connectivity index (χ4v) is 3.56. The fourth-order valence-electron chi connectivity index (χ4n) is 2.67. The SMILES string of the molecule is Cc1ccc(Sc2nc3ccccn3c(=O)c2C=NNc2ccccc2)cc1. The van der Waals surface area contributed by atoms with Gasteiger partial charge in [0.25, 0.3) is 5.56 Å². The first-order chi connectivity index (χ1) is 13.7. The molecule has 0 aliphatic carbocycles. The molecule has 4 rings (SSSR count). The Morgan fingerprint density at radius 1 is 1.00 bits per heavy atom. The molecule has 0 amide bonds. The average Bonchev–Trinajstić information content (AvgIpc) is 2.73. The summed E-state index contributed by atoms with van der Waals surface area (Å²) >= 11 is 1.45. The van der Waals surface area contributed by atoms with Gasteiger partial charge in [-0.3, -0.25) is 14.6 Å². The van der Waals surface area contributed by atoms with Crippen molar-refractivity contribution >= 4 is 29.3 Å². The summed E-state index contributed by atoms with van der Waals surface area (Å²) < 4.78 is 1.53. The van der Waals surface area contributed by atoms with Crippen molar-refractivity contribution in [2.45, 2.75) is 16.8 Å². The summed E-state index contributed by atoms with van der Waals surface area (Å²) in [6, 6.07) is 23.2. The number of rotatable bonds is 5. The van der Waals surface area contributed by atoms with Crippen molar-refractivity contribution in [2.24, 2.45) is 5.10 Å². The van der Waals surface area contributed by atoms with Gasteiger partial charge in [-0.2, -0.15) is 5.10 Å². The third-order valence-corrected chi connectivity index (χ3v) is 5.14. The van der Waals surface area contributed by atoms with Crippen LogP contribution in [-0.4, -0.2) is 15.6 Å². The second-order valence-electron chi connectivity index (χ2n) is 6.22. The first-order valence-corrected chi connectivity index (χ1v) is 9.62. The van der Waals surface area contributed by atoms with Crippen LogP contribution in [0.4, 0.5) is 5.69 Å². The van der Waals surface area contributed by atoms with Crippen molar-refractivity contribution in [1.29, 1.82) is 0 Å². The molecule has 0 aliphatic rings. The van der Waals surface area contributed by atoms with Gasteiger partial charge in [-0.15, -0.1) is 0 Å². The van der Waals surface area contributed by atoms with Crippen LogP contribution in [0.15, 0.2) is 98.8 Å². The molecule has 0 saturated heterocycles. The van der Waals surface area contributed by atoms with Crippen molar-refractivity contribution in [3.05, 3.63) is 100 Å². The predicted octanol–water partition coefficient (Wildman–Crippen LogP) is 4.60. The number of pyridine rings is 1. The molecule has 0 saturated carbocycles. The van der Waals surface area contributed by atoms with Crippen molar-refractivity contribution in [1.82, 2.24) is 9.38 Å². The van der Waals surface area contributed by atoms with Gasteiger partial charge < -0.3 is 0 Å². The van der Waals surface area contributed by atoms with Crippen molar-refractivity contribution in [3.8, 4) is 0 Å². The number of aryl methyl sites for hydroxylation is 1. The molecule has 0 spiro atoms. The predicted molar refractivity (Wildman–Crippen MR) is 114 cm³/mol. The van der Waals surface area contributed by atoms with E-state index in [0.717, 1.165) is 10.6 Å². The van der Waals surface area contributed by atoms with Crippen LogP contribution in [0.1, 0.15) is 11.1 Å². The lowest BCUT2D eigenvalue weighted by Gasteiger charge is -2.08.